The molecule has 158 valence electrons. The largest absolute Gasteiger partial charge is 0.356 e. The first-order valence-corrected chi connectivity index (χ1v) is 11.5. The molecule has 8 heteroatoms. The molecule has 2 aromatic heterocycles. The molecule has 6 nitrogen and oxygen atoms in total. The monoisotopic (exact) mass is 496 g/mol. The van der Waals surface area contributed by atoms with E-state index in [2.05, 4.69) is 48.7 Å². The van der Waals surface area contributed by atoms with E-state index < -0.39 is 0 Å². The van der Waals surface area contributed by atoms with Gasteiger partial charge in [0, 0.05) is 39.8 Å². The minimum atomic E-state index is -0.220. The summed E-state index contributed by atoms with van der Waals surface area (Å²) in [5, 5.41) is 9.14. The number of fused-ring (bicyclic) bond motifs is 1. The molecule has 0 spiro atoms. The first-order chi connectivity index (χ1) is 15.0. The molecule has 0 aliphatic carbocycles. The van der Waals surface area contributed by atoms with Crippen LogP contribution in [-0.2, 0) is 11.2 Å². The number of hydrogen-bond acceptors (Lipinski definition) is 4. The van der Waals surface area contributed by atoms with Crippen LogP contribution < -0.4 is 10.6 Å². The maximum Gasteiger partial charge on any atom is 0.273 e. The number of carbonyl (C=O) groups excluding carboxylic acids is 2. The zero-order chi connectivity index (χ0) is 21.8. The Bertz CT molecular complexity index is 1230. The fourth-order valence-electron chi connectivity index (χ4n) is 3.25. The molecule has 0 fully saturated rings. The van der Waals surface area contributed by atoms with Crippen molar-refractivity contribution >= 4 is 55.1 Å². The molecule has 0 atom stereocenters. The second-order valence-corrected chi connectivity index (χ2v) is 8.96. The van der Waals surface area contributed by atoms with E-state index in [-0.39, 0.29) is 11.8 Å². The predicted octanol–water partition coefficient (Wildman–Crippen LogP) is 5.37. The first kappa shape index (κ1) is 21.3. The number of aromatic amines is 1. The molecule has 2 aromatic carbocycles. The summed E-state index contributed by atoms with van der Waals surface area (Å²) >= 11 is 4.83. The van der Waals surface area contributed by atoms with Gasteiger partial charge in [-0.05, 0) is 36.6 Å². The summed E-state index contributed by atoms with van der Waals surface area (Å²) in [7, 11) is 0. The van der Waals surface area contributed by atoms with Gasteiger partial charge in [-0.1, -0.05) is 46.3 Å². The average Bonchev–Trinajstić information content (AvgIpc) is 3.38. The van der Waals surface area contributed by atoms with E-state index in [0.717, 1.165) is 39.5 Å². The maximum absolute atomic E-state index is 12.6. The number of carbonyl (C=O) groups is 2. The van der Waals surface area contributed by atoms with Crippen molar-refractivity contribution in [1.29, 1.82) is 0 Å². The first-order valence-electron chi connectivity index (χ1n) is 9.87. The van der Waals surface area contributed by atoms with Crippen molar-refractivity contribution in [3.05, 3.63) is 69.6 Å². The van der Waals surface area contributed by atoms with Crippen molar-refractivity contribution in [2.75, 3.05) is 11.9 Å². The van der Waals surface area contributed by atoms with Crippen LogP contribution in [0.3, 0.4) is 0 Å². The quantitative estimate of drug-likeness (QED) is 0.300. The van der Waals surface area contributed by atoms with E-state index >= 15 is 0 Å². The van der Waals surface area contributed by atoms with Gasteiger partial charge in [0.25, 0.3) is 5.91 Å². The summed E-state index contributed by atoms with van der Waals surface area (Å²) in [6, 6.07) is 15.9. The molecule has 0 bridgehead atoms. The summed E-state index contributed by atoms with van der Waals surface area (Å²) in [4.78, 5) is 31.2. The van der Waals surface area contributed by atoms with E-state index in [1.165, 1.54) is 23.8 Å². The molecule has 2 heterocycles. The van der Waals surface area contributed by atoms with Crippen LogP contribution in [0.5, 0.6) is 0 Å². The Morgan fingerprint density at radius 1 is 1.13 bits per heavy atom. The summed E-state index contributed by atoms with van der Waals surface area (Å²) < 4.78 is 0.956. The lowest BCUT2D eigenvalue weighted by atomic mass is 10.1. The molecule has 0 radical (unpaired) electrons. The second kappa shape index (κ2) is 9.45. The highest BCUT2D eigenvalue weighted by Crippen LogP contribution is 2.26. The van der Waals surface area contributed by atoms with Gasteiger partial charge in [0.15, 0.2) is 5.13 Å². The van der Waals surface area contributed by atoms with Crippen LogP contribution in [0.2, 0.25) is 0 Å². The molecule has 2 amide bonds. The summed E-state index contributed by atoms with van der Waals surface area (Å²) in [6.45, 7) is 2.21. The topological polar surface area (TPSA) is 86.9 Å². The standard InChI is InChI=1S/C23H21BrN4O2S/c1-14(29)25-10-2-3-15-4-6-16(7-5-15)21-13-31-23(27-21)28-22(30)20-11-17-8-9-18(24)12-19(17)26-20/h4-9,11-13,26H,2-3,10H2,1H3,(H,25,29)(H,27,28,30). The number of rotatable bonds is 7. The number of hydrogen-bond donors (Lipinski definition) is 3. The van der Waals surface area contributed by atoms with Crippen molar-refractivity contribution in [2.45, 2.75) is 19.8 Å². The lowest BCUT2D eigenvalue weighted by Gasteiger charge is -2.04. The minimum Gasteiger partial charge on any atom is -0.356 e. The Labute approximate surface area is 192 Å². The number of amides is 2. The van der Waals surface area contributed by atoms with Crippen LogP contribution in [0.1, 0.15) is 29.4 Å². The highest BCUT2D eigenvalue weighted by Gasteiger charge is 2.13. The van der Waals surface area contributed by atoms with Crippen LogP contribution in [-0.4, -0.2) is 28.3 Å². The molecule has 3 N–H and O–H groups in total. The van der Waals surface area contributed by atoms with Crippen molar-refractivity contribution in [2.24, 2.45) is 0 Å². The highest BCUT2D eigenvalue weighted by molar-refractivity contribution is 9.10. The van der Waals surface area contributed by atoms with Crippen molar-refractivity contribution < 1.29 is 9.59 Å². The Morgan fingerprint density at radius 2 is 1.94 bits per heavy atom. The third-order valence-electron chi connectivity index (χ3n) is 4.82. The number of thiazole rings is 1. The molecule has 0 aliphatic rings. The fourth-order valence-corrected chi connectivity index (χ4v) is 4.32. The van der Waals surface area contributed by atoms with Gasteiger partial charge >= 0.3 is 0 Å². The fraction of sp³-hybridized carbons (Fsp3) is 0.174. The third kappa shape index (κ3) is 5.39. The number of nitrogens with one attached hydrogen (secondary N) is 3. The number of aromatic nitrogens is 2. The molecule has 0 saturated carbocycles. The normalized spacial score (nSPS) is 10.9. The Morgan fingerprint density at radius 3 is 2.71 bits per heavy atom. The molecular weight excluding hydrogens is 476 g/mol. The molecule has 4 rings (SSSR count). The summed E-state index contributed by atoms with van der Waals surface area (Å²) in [6.07, 6.45) is 1.80. The van der Waals surface area contributed by atoms with Crippen LogP contribution in [0.25, 0.3) is 22.2 Å². The molecular formula is C23H21BrN4O2S. The van der Waals surface area contributed by atoms with E-state index in [0.29, 0.717) is 17.4 Å². The SMILES string of the molecule is CC(=O)NCCCc1ccc(-c2csc(NC(=O)c3cc4ccc(Br)cc4[nH]3)n2)cc1. The number of benzene rings is 2. The van der Waals surface area contributed by atoms with E-state index in [1.54, 1.807) is 0 Å². The van der Waals surface area contributed by atoms with Crippen molar-refractivity contribution in [3.63, 3.8) is 0 Å². The van der Waals surface area contributed by atoms with Gasteiger partial charge in [0.05, 0.1) is 5.69 Å². The van der Waals surface area contributed by atoms with E-state index in [1.807, 2.05) is 41.8 Å². The van der Waals surface area contributed by atoms with Crippen LogP contribution in [0.15, 0.2) is 58.4 Å². The number of H-pyrrole nitrogens is 1. The zero-order valence-electron chi connectivity index (χ0n) is 16.9. The van der Waals surface area contributed by atoms with Crippen molar-refractivity contribution in [3.8, 4) is 11.3 Å². The molecule has 4 aromatic rings. The van der Waals surface area contributed by atoms with E-state index in [4.69, 9.17) is 0 Å². The Balaban J connectivity index is 1.38. The summed E-state index contributed by atoms with van der Waals surface area (Å²) in [5.41, 5.74) is 4.43. The highest BCUT2D eigenvalue weighted by atomic mass is 79.9. The van der Waals surface area contributed by atoms with Crippen LogP contribution in [0, 0.1) is 0 Å². The molecule has 31 heavy (non-hydrogen) atoms. The van der Waals surface area contributed by atoms with Gasteiger partial charge in [-0.25, -0.2) is 4.98 Å². The van der Waals surface area contributed by atoms with Gasteiger partial charge in [-0.15, -0.1) is 11.3 Å². The predicted molar refractivity (Wildman–Crippen MR) is 129 cm³/mol. The smallest absolute Gasteiger partial charge is 0.273 e. The summed E-state index contributed by atoms with van der Waals surface area (Å²) in [5.74, 6) is -0.220. The number of anilines is 1. The zero-order valence-corrected chi connectivity index (χ0v) is 19.3. The van der Waals surface area contributed by atoms with Gasteiger partial charge in [0.1, 0.15) is 5.69 Å². The molecule has 0 saturated heterocycles. The maximum atomic E-state index is 12.6. The second-order valence-electron chi connectivity index (χ2n) is 7.19. The van der Waals surface area contributed by atoms with Crippen molar-refractivity contribution in [1.82, 2.24) is 15.3 Å². The van der Waals surface area contributed by atoms with Gasteiger partial charge < -0.3 is 10.3 Å². The number of aryl methyl sites for hydroxylation is 1. The lowest BCUT2D eigenvalue weighted by Crippen LogP contribution is -2.21. The number of nitrogens with zero attached hydrogens (tertiary/aromatic N) is 1. The van der Waals surface area contributed by atoms with Gasteiger partial charge in [-0.3, -0.25) is 14.9 Å². The molecule has 0 aliphatic heterocycles. The van der Waals surface area contributed by atoms with Crippen LogP contribution >= 0.6 is 27.3 Å². The molecule has 0 unspecified atom stereocenters. The Hall–Kier alpha value is -2.97. The average molecular weight is 497 g/mol. The van der Waals surface area contributed by atoms with Gasteiger partial charge in [-0.2, -0.15) is 0 Å². The van der Waals surface area contributed by atoms with Crippen LogP contribution in [0.4, 0.5) is 5.13 Å². The number of halogens is 1. The van der Waals surface area contributed by atoms with E-state index in [9.17, 15) is 9.59 Å². The Kier molecular flexibility index (Phi) is 6.48. The lowest BCUT2D eigenvalue weighted by molar-refractivity contribution is -0.118. The third-order valence-corrected chi connectivity index (χ3v) is 6.07. The minimum absolute atomic E-state index is 0.000566. The van der Waals surface area contributed by atoms with Gasteiger partial charge in [0.2, 0.25) is 5.91 Å².